The van der Waals surface area contributed by atoms with Crippen molar-refractivity contribution in [2.24, 2.45) is 0 Å². The third-order valence-electron chi connectivity index (χ3n) is 3.16. The van der Waals surface area contributed by atoms with Crippen LogP contribution < -0.4 is 0 Å². The molecule has 0 aliphatic carbocycles. The predicted octanol–water partition coefficient (Wildman–Crippen LogP) is 3.83. The Kier molecular flexibility index (Phi) is 3.25. The van der Waals surface area contributed by atoms with E-state index < -0.39 is 0 Å². The number of benzene rings is 1. The highest BCUT2D eigenvalue weighted by Gasteiger charge is 2.08. The van der Waals surface area contributed by atoms with E-state index in [0.29, 0.717) is 0 Å². The molecule has 0 atom stereocenters. The number of hydrogen-bond acceptors (Lipinski definition) is 1. The average Bonchev–Trinajstić information content (AvgIpc) is 3.00. The van der Waals surface area contributed by atoms with E-state index in [1.807, 2.05) is 18.6 Å². The molecule has 0 N–H and O–H groups in total. The molecule has 0 bridgehead atoms. The molecule has 0 unspecified atom stereocenters. The molecule has 19 heavy (non-hydrogen) atoms. The standard InChI is InChI=1S/C15H14BrN3/c1-2-6-19-10-12(9-18-7-5-17-11-18)14-8-13(16)3-4-15(14)19/h2-5,7-8,10-11H,1,6,9H2. The van der Waals surface area contributed by atoms with Gasteiger partial charge in [0.2, 0.25) is 0 Å². The van der Waals surface area contributed by atoms with E-state index in [0.717, 1.165) is 17.6 Å². The van der Waals surface area contributed by atoms with Crippen LogP contribution in [0.4, 0.5) is 0 Å². The summed E-state index contributed by atoms with van der Waals surface area (Å²) in [6.07, 6.45) is 9.74. The maximum absolute atomic E-state index is 4.09. The summed E-state index contributed by atoms with van der Waals surface area (Å²) < 4.78 is 5.40. The fourth-order valence-corrected chi connectivity index (χ4v) is 2.70. The Hall–Kier alpha value is -1.81. The quantitative estimate of drug-likeness (QED) is 0.671. The lowest BCUT2D eigenvalue weighted by Gasteiger charge is -2.01. The molecule has 2 aromatic heterocycles. The van der Waals surface area contributed by atoms with Crippen molar-refractivity contribution in [2.75, 3.05) is 0 Å². The van der Waals surface area contributed by atoms with Crippen molar-refractivity contribution in [1.82, 2.24) is 14.1 Å². The summed E-state index contributed by atoms with van der Waals surface area (Å²) in [5, 5.41) is 1.27. The lowest BCUT2D eigenvalue weighted by molar-refractivity contribution is 0.788. The number of aromatic nitrogens is 3. The van der Waals surface area contributed by atoms with Crippen LogP contribution in [0.25, 0.3) is 10.9 Å². The number of hydrogen-bond donors (Lipinski definition) is 0. The van der Waals surface area contributed by atoms with Crippen molar-refractivity contribution in [2.45, 2.75) is 13.1 Å². The molecule has 0 spiro atoms. The Morgan fingerprint density at radius 3 is 3.00 bits per heavy atom. The molecule has 0 aliphatic heterocycles. The third-order valence-corrected chi connectivity index (χ3v) is 3.66. The average molecular weight is 316 g/mol. The van der Waals surface area contributed by atoms with Gasteiger partial charge >= 0.3 is 0 Å². The van der Waals surface area contributed by atoms with Gasteiger partial charge in [-0.05, 0) is 23.8 Å². The minimum absolute atomic E-state index is 0.821. The molecule has 3 nitrogen and oxygen atoms in total. The Labute approximate surface area is 120 Å². The van der Waals surface area contributed by atoms with Gasteiger partial charge in [0.25, 0.3) is 0 Å². The van der Waals surface area contributed by atoms with Crippen LogP contribution in [0.15, 0.2) is 60.2 Å². The number of imidazole rings is 1. The van der Waals surface area contributed by atoms with Crippen LogP contribution in [0.3, 0.4) is 0 Å². The first-order valence-corrected chi connectivity index (χ1v) is 6.91. The van der Waals surface area contributed by atoms with Crippen LogP contribution in [0.1, 0.15) is 5.56 Å². The predicted molar refractivity (Wildman–Crippen MR) is 81.2 cm³/mol. The highest BCUT2D eigenvalue weighted by Crippen LogP contribution is 2.26. The molecule has 0 saturated carbocycles. The second-order valence-corrected chi connectivity index (χ2v) is 5.41. The number of halogens is 1. The molecule has 4 heteroatoms. The van der Waals surface area contributed by atoms with Crippen LogP contribution in [0.2, 0.25) is 0 Å². The van der Waals surface area contributed by atoms with Gasteiger partial charge in [-0.2, -0.15) is 0 Å². The van der Waals surface area contributed by atoms with E-state index >= 15 is 0 Å². The van der Waals surface area contributed by atoms with Gasteiger partial charge in [-0.25, -0.2) is 4.98 Å². The molecule has 0 aliphatic rings. The SMILES string of the molecule is C=CCn1cc(Cn2ccnc2)c2cc(Br)ccc21. The molecule has 96 valence electrons. The molecular formula is C15H14BrN3. The zero-order valence-corrected chi connectivity index (χ0v) is 12.0. The Morgan fingerprint density at radius 1 is 1.37 bits per heavy atom. The second kappa shape index (κ2) is 5.05. The zero-order valence-electron chi connectivity index (χ0n) is 10.5. The smallest absolute Gasteiger partial charge is 0.0949 e. The Balaban J connectivity index is 2.11. The molecule has 0 amide bonds. The van der Waals surface area contributed by atoms with Crippen LogP contribution in [0.5, 0.6) is 0 Å². The van der Waals surface area contributed by atoms with Gasteiger partial charge in [0.05, 0.1) is 12.9 Å². The number of fused-ring (bicyclic) bond motifs is 1. The van der Waals surface area contributed by atoms with Crippen molar-refractivity contribution >= 4 is 26.8 Å². The van der Waals surface area contributed by atoms with Gasteiger partial charge in [-0.1, -0.05) is 22.0 Å². The van der Waals surface area contributed by atoms with E-state index in [1.165, 1.54) is 16.5 Å². The van der Waals surface area contributed by atoms with Gasteiger partial charge in [0.15, 0.2) is 0 Å². The van der Waals surface area contributed by atoms with Gasteiger partial charge in [-0.3, -0.25) is 0 Å². The molecule has 1 aromatic carbocycles. The molecule has 3 aromatic rings. The summed E-state index contributed by atoms with van der Waals surface area (Å²) in [4.78, 5) is 4.09. The third kappa shape index (κ3) is 2.36. The fourth-order valence-electron chi connectivity index (χ4n) is 2.34. The van der Waals surface area contributed by atoms with Crippen LogP contribution in [-0.4, -0.2) is 14.1 Å². The minimum Gasteiger partial charge on any atom is -0.343 e. The Morgan fingerprint density at radius 2 is 2.26 bits per heavy atom. The number of allylic oxidation sites excluding steroid dienone is 1. The summed E-state index contributed by atoms with van der Waals surface area (Å²) in [7, 11) is 0. The molecule has 0 saturated heterocycles. The first kappa shape index (κ1) is 12.2. The van der Waals surface area contributed by atoms with Crippen molar-refractivity contribution < 1.29 is 0 Å². The Bertz CT molecular complexity index is 710. The van der Waals surface area contributed by atoms with Crippen molar-refractivity contribution in [3.8, 4) is 0 Å². The van der Waals surface area contributed by atoms with Crippen LogP contribution >= 0.6 is 15.9 Å². The van der Waals surface area contributed by atoms with Crippen LogP contribution in [-0.2, 0) is 13.1 Å². The monoisotopic (exact) mass is 315 g/mol. The first-order valence-electron chi connectivity index (χ1n) is 6.12. The fraction of sp³-hybridized carbons (Fsp3) is 0.133. The van der Waals surface area contributed by atoms with Crippen molar-refractivity contribution in [1.29, 1.82) is 0 Å². The van der Waals surface area contributed by atoms with Gasteiger partial charge in [0, 0.05) is 40.5 Å². The van der Waals surface area contributed by atoms with Crippen molar-refractivity contribution in [3.05, 3.63) is 65.8 Å². The summed E-state index contributed by atoms with van der Waals surface area (Å²) in [6.45, 7) is 5.47. The van der Waals surface area contributed by atoms with Crippen molar-refractivity contribution in [3.63, 3.8) is 0 Å². The van der Waals surface area contributed by atoms with Crippen LogP contribution in [0, 0.1) is 0 Å². The summed E-state index contributed by atoms with van der Waals surface area (Å²) in [5.41, 5.74) is 2.52. The topological polar surface area (TPSA) is 22.8 Å². The van der Waals surface area contributed by atoms with Gasteiger partial charge in [-0.15, -0.1) is 6.58 Å². The first-order chi connectivity index (χ1) is 9.28. The second-order valence-electron chi connectivity index (χ2n) is 4.49. The normalized spacial score (nSPS) is 11.0. The zero-order chi connectivity index (χ0) is 13.2. The summed E-state index contributed by atoms with van der Waals surface area (Å²) >= 11 is 3.54. The lowest BCUT2D eigenvalue weighted by Crippen LogP contribution is -1.95. The molecule has 2 heterocycles. The van der Waals surface area contributed by atoms with Gasteiger partial charge in [0.1, 0.15) is 0 Å². The summed E-state index contributed by atoms with van der Waals surface area (Å²) in [6, 6.07) is 6.38. The summed E-state index contributed by atoms with van der Waals surface area (Å²) in [5.74, 6) is 0. The maximum Gasteiger partial charge on any atom is 0.0949 e. The largest absolute Gasteiger partial charge is 0.343 e. The van der Waals surface area contributed by atoms with E-state index in [9.17, 15) is 0 Å². The van der Waals surface area contributed by atoms with E-state index in [1.54, 1.807) is 6.20 Å². The van der Waals surface area contributed by atoms with E-state index in [4.69, 9.17) is 0 Å². The molecule has 0 fully saturated rings. The lowest BCUT2D eigenvalue weighted by atomic mass is 10.2. The van der Waals surface area contributed by atoms with E-state index in [2.05, 4.69) is 61.0 Å². The maximum atomic E-state index is 4.09. The number of rotatable bonds is 4. The molecule has 0 radical (unpaired) electrons. The molecular weight excluding hydrogens is 302 g/mol. The molecule has 3 rings (SSSR count). The minimum atomic E-state index is 0.821. The highest BCUT2D eigenvalue weighted by atomic mass is 79.9. The highest BCUT2D eigenvalue weighted by molar-refractivity contribution is 9.10. The van der Waals surface area contributed by atoms with Gasteiger partial charge < -0.3 is 9.13 Å². The van der Waals surface area contributed by atoms with E-state index in [-0.39, 0.29) is 0 Å². The number of nitrogens with zero attached hydrogens (tertiary/aromatic N) is 3.